The van der Waals surface area contributed by atoms with Crippen LogP contribution in [-0.2, 0) is 26.0 Å². The predicted octanol–water partition coefficient (Wildman–Crippen LogP) is 5.58. The number of nitrogens with one attached hydrogen (secondary N) is 2. The maximum atomic E-state index is 12.6. The summed E-state index contributed by atoms with van der Waals surface area (Å²) >= 11 is 7.69. The maximum absolute atomic E-state index is 12.6. The molecule has 2 N–H and O–H groups in total. The summed E-state index contributed by atoms with van der Waals surface area (Å²) in [5.74, 6) is -0.501. The predicted molar refractivity (Wildman–Crippen MR) is 166 cm³/mol. The van der Waals surface area contributed by atoms with Crippen molar-refractivity contribution in [1.29, 1.82) is 0 Å². The van der Waals surface area contributed by atoms with Crippen molar-refractivity contribution in [1.82, 2.24) is 9.29 Å². The number of amides is 2. The highest BCUT2D eigenvalue weighted by molar-refractivity contribution is 8.18. The molecule has 0 saturated carbocycles. The molecule has 2 amide bonds. The standard InChI is InChI=1S/C30H25ClN4O5S2/c1-19-5-11-23(12-6-19)42(38,39)34-28(36)15-20-7-9-22(10-8-20)32-30-33-29(37)27(41-30)17-21-16-24(31)25(18-26(21)40-2)35-13-3-4-14-35/h3-14,16-18H,15H2,1-2H3,(H,34,36)(H,32,33,37)/b27-17-. The first kappa shape index (κ1) is 29.2. The first-order valence-corrected chi connectivity index (χ1v) is 15.3. The van der Waals surface area contributed by atoms with Crippen LogP contribution in [0.3, 0.4) is 0 Å². The Kier molecular flexibility index (Phi) is 8.53. The Labute approximate surface area is 252 Å². The average Bonchev–Trinajstić information content (AvgIpc) is 3.60. The number of sulfonamides is 1. The van der Waals surface area contributed by atoms with Gasteiger partial charge in [0.25, 0.3) is 15.9 Å². The molecule has 0 fully saturated rings. The van der Waals surface area contributed by atoms with Crippen LogP contribution in [0.2, 0.25) is 5.02 Å². The smallest absolute Gasteiger partial charge is 0.286 e. The van der Waals surface area contributed by atoms with E-state index in [1.165, 1.54) is 23.9 Å². The van der Waals surface area contributed by atoms with Crippen molar-refractivity contribution in [2.24, 2.45) is 4.99 Å². The van der Waals surface area contributed by atoms with E-state index in [1.807, 2.05) is 36.0 Å². The van der Waals surface area contributed by atoms with Gasteiger partial charge in [-0.2, -0.15) is 4.99 Å². The SMILES string of the molecule is COc1cc(-n2cccc2)c(Cl)cc1/C=C1\SC(Nc2ccc(CC(=O)NS(=O)(=O)c3ccc(C)cc3)cc2)=NC1=O. The van der Waals surface area contributed by atoms with Crippen LogP contribution in [0.1, 0.15) is 16.7 Å². The van der Waals surface area contributed by atoms with Crippen LogP contribution in [0.5, 0.6) is 5.75 Å². The summed E-state index contributed by atoms with van der Waals surface area (Å²) in [4.78, 5) is 29.6. The Morgan fingerprint density at radius 2 is 1.76 bits per heavy atom. The minimum absolute atomic E-state index is 0.0225. The number of ether oxygens (including phenoxy) is 1. The van der Waals surface area contributed by atoms with Crippen LogP contribution in [0.25, 0.3) is 11.8 Å². The van der Waals surface area contributed by atoms with Gasteiger partial charge in [-0.25, -0.2) is 13.1 Å². The molecule has 0 unspecified atom stereocenters. The fourth-order valence-electron chi connectivity index (χ4n) is 4.12. The number of anilines is 1. The zero-order valence-corrected chi connectivity index (χ0v) is 24.9. The lowest BCUT2D eigenvalue weighted by molar-refractivity contribution is -0.118. The second-order valence-electron chi connectivity index (χ2n) is 9.31. The van der Waals surface area contributed by atoms with E-state index < -0.39 is 21.8 Å². The fraction of sp³-hybridized carbons (Fsp3) is 0.100. The highest BCUT2D eigenvalue weighted by Gasteiger charge is 2.23. The molecule has 9 nitrogen and oxygen atoms in total. The summed E-state index contributed by atoms with van der Waals surface area (Å²) < 4.78 is 34.5. The molecule has 2 heterocycles. The lowest BCUT2D eigenvalue weighted by Gasteiger charge is -2.12. The summed E-state index contributed by atoms with van der Waals surface area (Å²) in [6.07, 6.45) is 5.31. The van der Waals surface area contributed by atoms with Gasteiger partial charge in [-0.3, -0.25) is 9.59 Å². The number of carbonyl (C=O) groups is 2. The molecule has 0 atom stereocenters. The molecule has 0 saturated heterocycles. The fourth-order valence-corrected chi connectivity index (χ4v) is 6.20. The summed E-state index contributed by atoms with van der Waals surface area (Å²) in [5.41, 5.74) is 3.55. The Morgan fingerprint density at radius 3 is 2.43 bits per heavy atom. The number of aliphatic imine (C=N–C) groups is 1. The largest absolute Gasteiger partial charge is 0.496 e. The minimum Gasteiger partial charge on any atom is -0.496 e. The van der Waals surface area contributed by atoms with Gasteiger partial charge in [0.2, 0.25) is 5.91 Å². The molecule has 0 spiro atoms. The van der Waals surface area contributed by atoms with Gasteiger partial charge in [0, 0.05) is 29.7 Å². The van der Waals surface area contributed by atoms with Crippen molar-refractivity contribution >= 4 is 62.1 Å². The van der Waals surface area contributed by atoms with Crippen molar-refractivity contribution < 1.29 is 22.7 Å². The third kappa shape index (κ3) is 6.76. The highest BCUT2D eigenvalue weighted by atomic mass is 35.5. The molecule has 0 aliphatic carbocycles. The van der Waals surface area contributed by atoms with Crippen molar-refractivity contribution in [2.75, 3.05) is 12.4 Å². The molecular weight excluding hydrogens is 596 g/mol. The normalized spacial score (nSPS) is 14.1. The van der Waals surface area contributed by atoms with Crippen LogP contribution in [0.15, 0.2) is 100.0 Å². The summed E-state index contributed by atoms with van der Waals surface area (Å²) in [7, 11) is -2.41. The van der Waals surface area contributed by atoms with Gasteiger partial charge < -0.3 is 14.6 Å². The second-order valence-corrected chi connectivity index (χ2v) is 12.4. The molecule has 4 aromatic rings. The Balaban J connectivity index is 1.21. The zero-order chi connectivity index (χ0) is 29.9. The number of rotatable bonds is 8. The van der Waals surface area contributed by atoms with Gasteiger partial charge in [0.15, 0.2) is 5.17 Å². The van der Waals surface area contributed by atoms with Crippen LogP contribution < -0.4 is 14.8 Å². The third-order valence-electron chi connectivity index (χ3n) is 6.24. The molecule has 3 aromatic carbocycles. The molecule has 1 aromatic heterocycles. The topological polar surface area (TPSA) is 119 Å². The summed E-state index contributed by atoms with van der Waals surface area (Å²) in [6.45, 7) is 1.85. The first-order chi connectivity index (χ1) is 20.1. The zero-order valence-electron chi connectivity index (χ0n) is 22.5. The van der Waals surface area contributed by atoms with E-state index in [0.717, 1.165) is 11.3 Å². The van der Waals surface area contributed by atoms with Gasteiger partial charge in [-0.05, 0) is 72.8 Å². The molecule has 5 rings (SSSR count). The van der Waals surface area contributed by atoms with E-state index >= 15 is 0 Å². The van der Waals surface area contributed by atoms with Crippen LogP contribution in [-0.4, -0.2) is 37.1 Å². The number of carbonyl (C=O) groups excluding carboxylic acids is 2. The molecule has 214 valence electrons. The van der Waals surface area contributed by atoms with E-state index in [0.29, 0.717) is 37.7 Å². The summed E-state index contributed by atoms with van der Waals surface area (Å²) in [5, 5.41) is 3.97. The lowest BCUT2D eigenvalue weighted by Crippen LogP contribution is -2.31. The van der Waals surface area contributed by atoms with Crippen molar-refractivity contribution in [3.05, 3.63) is 112 Å². The summed E-state index contributed by atoms with van der Waals surface area (Å²) in [6, 6.07) is 20.4. The minimum atomic E-state index is -3.96. The average molecular weight is 621 g/mol. The number of halogens is 1. The molecule has 1 aliphatic rings. The quantitative estimate of drug-likeness (QED) is 0.247. The highest BCUT2D eigenvalue weighted by Crippen LogP contribution is 2.35. The molecular formula is C30H25ClN4O5S2. The first-order valence-electron chi connectivity index (χ1n) is 12.6. The van der Waals surface area contributed by atoms with Crippen LogP contribution in [0, 0.1) is 6.92 Å². The van der Waals surface area contributed by atoms with Gasteiger partial charge in [-0.15, -0.1) is 0 Å². The molecule has 0 bridgehead atoms. The Hall–Kier alpha value is -4.32. The van der Waals surface area contributed by atoms with Crippen molar-refractivity contribution in [3.63, 3.8) is 0 Å². The maximum Gasteiger partial charge on any atom is 0.286 e. The van der Waals surface area contributed by atoms with Gasteiger partial charge >= 0.3 is 0 Å². The monoisotopic (exact) mass is 620 g/mol. The van der Waals surface area contributed by atoms with Gasteiger partial charge in [-0.1, -0.05) is 41.4 Å². The number of hydrogen-bond donors (Lipinski definition) is 2. The number of benzene rings is 3. The van der Waals surface area contributed by atoms with E-state index in [1.54, 1.807) is 61.7 Å². The van der Waals surface area contributed by atoms with Crippen molar-refractivity contribution in [2.45, 2.75) is 18.2 Å². The number of hydrogen-bond acceptors (Lipinski definition) is 7. The second kappa shape index (κ2) is 12.3. The number of methoxy groups -OCH3 is 1. The molecule has 0 radical (unpaired) electrons. The molecule has 42 heavy (non-hydrogen) atoms. The van der Waals surface area contributed by atoms with Crippen LogP contribution in [0.4, 0.5) is 5.69 Å². The van der Waals surface area contributed by atoms with Gasteiger partial charge in [0.05, 0.1) is 34.0 Å². The number of thioether (sulfide) groups is 1. The number of aryl methyl sites for hydroxylation is 1. The number of nitrogens with zero attached hydrogens (tertiary/aromatic N) is 2. The molecule has 1 aliphatic heterocycles. The van der Waals surface area contributed by atoms with Crippen molar-refractivity contribution in [3.8, 4) is 11.4 Å². The third-order valence-corrected chi connectivity index (χ3v) is 8.83. The van der Waals surface area contributed by atoms with E-state index in [4.69, 9.17) is 16.3 Å². The number of aromatic nitrogens is 1. The van der Waals surface area contributed by atoms with E-state index in [-0.39, 0.29) is 11.3 Å². The van der Waals surface area contributed by atoms with E-state index in [9.17, 15) is 18.0 Å². The van der Waals surface area contributed by atoms with Crippen LogP contribution >= 0.6 is 23.4 Å². The number of amidine groups is 1. The lowest BCUT2D eigenvalue weighted by atomic mass is 10.1. The Morgan fingerprint density at radius 1 is 1.07 bits per heavy atom. The Bertz CT molecular complexity index is 1820. The van der Waals surface area contributed by atoms with Gasteiger partial charge in [0.1, 0.15) is 5.75 Å². The molecule has 12 heteroatoms. The van der Waals surface area contributed by atoms with E-state index in [2.05, 4.69) is 15.0 Å².